The Labute approximate surface area is 128 Å². The van der Waals surface area contributed by atoms with Gasteiger partial charge in [0.1, 0.15) is 5.82 Å². The molecule has 1 aliphatic rings. The largest absolute Gasteiger partial charge is 0.393 e. The highest BCUT2D eigenvalue weighted by molar-refractivity contribution is 9.10. The van der Waals surface area contributed by atoms with Crippen LogP contribution in [0.15, 0.2) is 16.6 Å². The van der Waals surface area contributed by atoms with Crippen molar-refractivity contribution in [2.45, 2.75) is 25.9 Å². The molecule has 0 aromatic heterocycles. The molecule has 1 aliphatic heterocycles. The number of carbonyl (C=O) groups is 1. The molecule has 1 saturated heterocycles. The second kappa shape index (κ2) is 5.94. The molecule has 116 valence electrons. The van der Waals surface area contributed by atoms with E-state index in [-0.39, 0.29) is 30.5 Å². The quantitative estimate of drug-likeness (QED) is 0.677. The number of alkyl halides is 3. The van der Waals surface area contributed by atoms with Gasteiger partial charge in [0.05, 0.1) is 11.5 Å². The topological polar surface area (TPSA) is 20.3 Å². The summed E-state index contributed by atoms with van der Waals surface area (Å²) < 4.78 is 52.9. The van der Waals surface area contributed by atoms with Crippen LogP contribution in [-0.4, -0.2) is 30.1 Å². The van der Waals surface area contributed by atoms with Crippen LogP contribution in [0.2, 0.25) is 0 Å². The zero-order valence-electron chi connectivity index (χ0n) is 11.3. The Morgan fingerprint density at radius 1 is 1.38 bits per heavy atom. The molecule has 1 heterocycles. The number of rotatable bonds is 1. The summed E-state index contributed by atoms with van der Waals surface area (Å²) in [7, 11) is 0. The Morgan fingerprint density at radius 3 is 2.67 bits per heavy atom. The minimum atomic E-state index is -4.33. The van der Waals surface area contributed by atoms with Gasteiger partial charge >= 0.3 is 6.18 Å². The molecule has 0 bridgehead atoms. The van der Waals surface area contributed by atoms with Gasteiger partial charge in [0.25, 0.3) is 5.91 Å². The van der Waals surface area contributed by atoms with Crippen LogP contribution in [0.3, 0.4) is 0 Å². The minimum absolute atomic E-state index is 0.00906. The van der Waals surface area contributed by atoms with E-state index in [9.17, 15) is 22.4 Å². The van der Waals surface area contributed by atoms with Gasteiger partial charge < -0.3 is 4.90 Å². The van der Waals surface area contributed by atoms with Gasteiger partial charge in [-0.3, -0.25) is 4.79 Å². The number of carbonyl (C=O) groups excluding carboxylic acids is 1. The molecule has 1 aromatic carbocycles. The van der Waals surface area contributed by atoms with Crippen LogP contribution < -0.4 is 0 Å². The lowest BCUT2D eigenvalue weighted by Gasteiger charge is -2.33. The van der Waals surface area contributed by atoms with Gasteiger partial charge in [-0.15, -0.1) is 0 Å². The molecule has 0 N–H and O–H groups in total. The highest BCUT2D eigenvalue weighted by Gasteiger charge is 2.43. The van der Waals surface area contributed by atoms with E-state index < -0.39 is 30.4 Å². The van der Waals surface area contributed by atoms with Crippen molar-refractivity contribution in [1.82, 2.24) is 4.90 Å². The van der Waals surface area contributed by atoms with E-state index in [4.69, 9.17) is 0 Å². The van der Waals surface area contributed by atoms with Crippen LogP contribution in [0.4, 0.5) is 17.6 Å². The summed E-state index contributed by atoms with van der Waals surface area (Å²) in [6, 6.07) is 2.82. The number of hydrogen-bond donors (Lipinski definition) is 0. The molecule has 1 atom stereocenters. The van der Waals surface area contributed by atoms with Crippen molar-refractivity contribution in [1.29, 1.82) is 0 Å². The lowest BCUT2D eigenvalue weighted by Crippen LogP contribution is -2.44. The number of nitrogens with zero attached hydrogens (tertiary/aromatic N) is 1. The maximum Gasteiger partial charge on any atom is 0.393 e. The second-order valence-electron chi connectivity index (χ2n) is 5.17. The molecule has 21 heavy (non-hydrogen) atoms. The standard InChI is InChI=1S/C14H14BrF4NO/c1-8-11(15)5-4-10(12(8)16)13(21)20-6-2-3-9(7-20)14(17,18)19/h4-5,9H,2-3,6-7H2,1H3. The summed E-state index contributed by atoms with van der Waals surface area (Å²) in [5.74, 6) is -2.91. The zero-order chi connectivity index (χ0) is 15.8. The zero-order valence-corrected chi connectivity index (χ0v) is 12.9. The molecule has 2 nitrogen and oxygen atoms in total. The fourth-order valence-corrected chi connectivity index (χ4v) is 2.73. The third-order valence-corrected chi connectivity index (χ3v) is 4.58. The Kier molecular flexibility index (Phi) is 4.60. The van der Waals surface area contributed by atoms with Crippen molar-refractivity contribution in [3.63, 3.8) is 0 Å². The number of halogens is 5. The molecule has 1 unspecified atom stereocenters. The number of hydrogen-bond acceptors (Lipinski definition) is 1. The normalized spacial score (nSPS) is 19.7. The van der Waals surface area contributed by atoms with Crippen molar-refractivity contribution in [3.05, 3.63) is 33.5 Å². The lowest BCUT2D eigenvalue weighted by atomic mass is 9.96. The first kappa shape index (κ1) is 16.3. The van der Waals surface area contributed by atoms with E-state index in [1.165, 1.54) is 19.1 Å². The number of likely N-dealkylation sites (tertiary alicyclic amines) is 1. The molecular formula is C14H14BrF4NO. The molecule has 1 aromatic rings. The van der Waals surface area contributed by atoms with Crippen molar-refractivity contribution in [2.75, 3.05) is 13.1 Å². The first-order chi connectivity index (χ1) is 9.71. The minimum Gasteiger partial charge on any atom is -0.338 e. The fraction of sp³-hybridized carbons (Fsp3) is 0.500. The molecule has 0 aliphatic carbocycles. The van der Waals surface area contributed by atoms with Gasteiger partial charge in [-0.2, -0.15) is 13.2 Å². The van der Waals surface area contributed by atoms with Crippen LogP contribution in [0.1, 0.15) is 28.8 Å². The van der Waals surface area contributed by atoms with Gasteiger partial charge in [0.15, 0.2) is 0 Å². The maximum atomic E-state index is 14.1. The van der Waals surface area contributed by atoms with Crippen molar-refractivity contribution >= 4 is 21.8 Å². The molecule has 0 saturated carbocycles. The van der Waals surface area contributed by atoms with Crippen LogP contribution in [0, 0.1) is 18.7 Å². The smallest absolute Gasteiger partial charge is 0.338 e. The Morgan fingerprint density at radius 2 is 2.05 bits per heavy atom. The SMILES string of the molecule is Cc1c(Br)ccc(C(=O)N2CCCC(C(F)(F)F)C2)c1F. The van der Waals surface area contributed by atoms with E-state index in [1.807, 2.05) is 0 Å². The van der Waals surface area contributed by atoms with Gasteiger partial charge in [-0.05, 0) is 37.5 Å². The Hall–Kier alpha value is -1.11. The maximum absolute atomic E-state index is 14.1. The second-order valence-corrected chi connectivity index (χ2v) is 6.02. The Balaban J connectivity index is 2.22. The average Bonchev–Trinajstić information content (AvgIpc) is 2.43. The monoisotopic (exact) mass is 367 g/mol. The van der Waals surface area contributed by atoms with Crippen LogP contribution >= 0.6 is 15.9 Å². The van der Waals surface area contributed by atoms with Crippen LogP contribution in [-0.2, 0) is 0 Å². The Bertz CT molecular complexity index is 559. The van der Waals surface area contributed by atoms with Gasteiger partial charge in [0, 0.05) is 17.6 Å². The first-order valence-corrected chi connectivity index (χ1v) is 7.31. The average molecular weight is 368 g/mol. The van der Waals surface area contributed by atoms with E-state index in [0.29, 0.717) is 4.47 Å². The summed E-state index contributed by atoms with van der Waals surface area (Å²) in [5.41, 5.74) is 0.0868. The predicted molar refractivity (Wildman–Crippen MR) is 73.5 cm³/mol. The third-order valence-electron chi connectivity index (χ3n) is 3.72. The lowest BCUT2D eigenvalue weighted by molar-refractivity contribution is -0.184. The summed E-state index contributed by atoms with van der Waals surface area (Å²) in [6.07, 6.45) is -4.05. The summed E-state index contributed by atoms with van der Waals surface area (Å²) in [4.78, 5) is 13.4. The highest BCUT2D eigenvalue weighted by Crippen LogP contribution is 2.34. The van der Waals surface area contributed by atoms with Crippen molar-refractivity contribution in [2.24, 2.45) is 5.92 Å². The summed E-state index contributed by atoms with van der Waals surface area (Å²) >= 11 is 3.15. The van der Waals surface area contributed by atoms with Gasteiger partial charge in [-0.25, -0.2) is 4.39 Å². The van der Waals surface area contributed by atoms with Crippen molar-refractivity contribution < 1.29 is 22.4 Å². The van der Waals surface area contributed by atoms with Gasteiger partial charge in [0.2, 0.25) is 0 Å². The van der Waals surface area contributed by atoms with Gasteiger partial charge in [-0.1, -0.05) is 15.9 Å². The number of benzene rings is 1. The van der Waals surface area contributed by atoms with Crippen LogP contribution in [0.5, 0.6) is 0 Å². The number of piperidine rings is 1. The molecule has 7 heteroatoms. The predicted octanol–water partition coefficient (Wildman–Crippen LogP) is 4.31. The molecule has 1 amide bonds. The van der Waals surface area contributed by atoms with E-state index >= 15 is 0 Å². The molecule has 2 rings (SSSR count). The van der Waals surface area contributed by atoms with E-state index in [1.54, 1.807) is 0 Å². The highest BCUT2D eigenvalue weighted by atomic mass is 79.9. The first-order valence-electron chi connectivity index (χ1n) is 6.52. The summed E-state index contributed by atoms with van der Waals surface area (Å²) in [5, 5.41) is 0. The molecular weight excluding hydrogens is 354 g/mol. The molecule has 0 spiro atoms. The van der Waals surface area contributed by atoms with Crippen LogP contribution in [0.25, 0.3) is 0 Å². The molecule has 1 fully saturated rings. The number of amides is 1. The van der Waals surface area contributed by atoms with E-state index in [0.717, 1.165) is 4.90 Å². The third kappa shape index (κ3) is 3.39. The van der Waals surface area contributed by atoms with Crippen molar-refractivity contribution in [3.8, 4) is 0 Å². The molecule has 0 radical (unpaired) electrons. The van der Waals surface area contributed by atoms with E-state index in [2.05, 4.69) is 15.9 Å². The summed E-state index contributed by atoms with van der Waals surface area (Å²) in [6.45, 7) is 1.32. The fourth-order valence-electron chi connectivity index (χ4n) is 2.43.